The van der Waals surface area contributed by atoms with E-state index in [-0.39, 0.29) is 6.03 Å². The molecule has 0 fully saturated rings. The van der Waals surface area contributed by atoms with Crippen molar-refractivity contribution < 1.29 is 9.53 Å². The predicted octanol–water partition coefficient (Wildman–Crippen LogP) is 5.35. The number of rotatable bonds is 5. The minimum absolute atomic E-state index is 0.301. The standard InChI is InChI=1S/C23H22N4O2/c1-3-29-20-12-10-19(11-13-20)25-23(28)24-18-8-6-17(7-9-18)21-15-27-14-4-5-16(2)22(27)26-21/h4-15H,3H2,1-2H3,(H2,24,25,28). The first kappa shape index (κ1) is 18.6. The monoisotopic (exact) mass is 386 g/mol. The lowest BCUT2D eigenvalue weighted by atomic mass is 10.1. The van der Waals surface area contributed by atoms with Crippen molar-refractivity contribution in [2.24, 2.45) is 0 Å². The number of carbonyl (C=O) groups excluding carboxylic acids is 1. The SMILES string of the molecule is CCOc1ccc(NC(=O)Nc2ccc(-c3cn4cccc(C)c4n3)cc2)cc1. The van der Waals surface area contributed by atoms with Crippen molar-refractivity contribution in [3.8, 4) is 17.0 Å². The quantitative estimate of drug-likeness (QED) is 0.486. The van der Waals surface area contributed by atoms with Gasteiger partial charge in [-0.2, -0.15) is 0 Å². The van der Waals surface area contributed by atoms with Crippen molar-refractivity contribution in [3.63, 3.8) is 0 Å². The number of ether oxygens (including phenoxy) is 1. The van der Waals surface area contributed by atoms with Gasteiger partial charge in [0.25, 0.3) is 0 Å². The van der Waals surface area contributed by atoms with Crippen LogP contribution in [0.2, 0.25) is 0 Å². The van der Waals surface area contributed by atoms with Crippen molar-refractivity contribution in [3.05, 3.63) is 78.6 Å². The first-order chi connectivity index (χ1) is 14.1. The summed E-state index contributed by atoms with van der Waals surface area (Å²) < 4.78 is 7.41. The molecule has 0 radical (unpaired) electrons. The van der Waals surface area contributed by atoms with Gasteiger partial charge in [0.2, 0.25) is 0 Å². The first-order valence-electron chi connectivity index (χ1n) is 9.48. The zero-order valence-corrected chi connectivity index (χ0v) is 16.3. The van der Waals surface area contributed by atoms with Crippen LogP contribution in [0.3, 0.4) is 0 Å². The van der Waals surface area contributed by atoms with Gasteiger partial charge in [0, 0.05) is 29.3 Å². The number of amides is 2. The number of fused-ring (bicyclic) bond motifs is 1. The van der Waals surface area contributed by atoms with Crippen molar-refractivity contribution in [1.29, 1.82) is 0 Å². The summed E-state index contributed by atoms with van der Waals surface area (Å²) in [6.07, 6.45) is 3.99. The second kappa shape index (κ2) is 8.06. The van der Waals surface area contributed by atoms with Crippen LogP contribution in [-0.2, 0) is 0 Å². The fourth-order valence-corrected chi connectivity index (χ4v) is 3.11. The molecule has 29 heavy (non-hydrogen) atoms. The molecule has 2 aromatic heterocycles. The molecule has 0 aliphatic heterocycles. The molecule has 0 aliphatic carbocycles. The lowest BCUT2D eigenvalue weighted by molar-refractivity contribution is 0.262. The summed E-state index contributed by atoms with van der Waals surface area (Å²) in [5.74, 6) is 0.774. The zero-order valence-electron chi connectivity index (χ0n) is 16.3. The highest BCUT2D eigenvalue weighted by molar-refractivity contribution is 5.99. The van der Waals surface area contributed by atoms with Crippen molar-refractivity contribution >= 4 is 23.1 Å². The van der Waals surface area contributed by atoms with E-state index in [4.69, 9.17) is 9.72 Å². The molecule has 146 valence electrons. The smallest absolute Gasteiger partial charge is 0.323 e. The number of aromatic nitrogens is 2. The Labute approximate surface area is 169 Å². The molecule has 6 nitrogen and oxygen atoms in total. The van der Waals surface area contributed by atoms with Crippen LogP contribution in [0.1, 0.15) is 12.5 Å². The van der Waals surface area contributed by atoms with Gasteiger partial charge in [-0.15, -0.1) is 0 Å². The molecule has 0 atom stereocenters. The number of hydrogen-bond acceptors (Lipinski definition) is 3. The topological polar surface area (TPSA) is 67.7 Å². The van der Waals surface area contributed by atoms with Gasteiger partial charge in [0.05, 0.1) is 12.3 Å². The number of nitrogens with zero attached hydrogens (tertiary/aromatic N) is 2. The van der Waals surface area contributed by atoms with E-state index < -0.39 is 0 Å². The molecule has 2 heterocycles. The Balaban J connectivity index is 1.42. The Morgan fingerprint density at radius 3 is 2.28 bits per heavy atom. The second-order valence-electron chi connectivity index (χ2n) is 6.66. The van der Waals surface area contributed by atoms with Crippen LogP contribution >= 0.6 is 0 Å². The van der Waals surface area contributed by atoms with E-state index in [9.17, 15) is 4.79 Å². The van der Waals surface area contributed by atoms with Crippen LogP contribution in [0.4, 0.5) is 16.2 Å². The molecule has 0 saturated carbocycles. The summed E-state index contributed by atoms with van der Waals surface area (Å²) in [4.78, 5) is 16.9. The highest BCUT2D eigenvalue weighted by Gasteiger charge is 2.07. The summed E-state index contributed by atoms with van der Waals surface area (Å²) in [5, 5.41) is 5.65. The van der Waals surface area contributed by atoms with Crippen LogP contribution in [-0.4, -0.2) is 22.0 Å². The summed E-state index contributed by atoms with van der Waals surface area (Å²) >= 11 is 0. The van der Waals surface area contributed by atoms with Crippen LogP contribution in [0, 0.1) is 6.92 Å². The number of imidazole rings is 1. The maximum Gasteiger partial charge on any atom is 0.323 e. The van der Waals surface area contributed by atoms with Gasteiger partial charge in [-0.3, -0.25) is 0 Å². The van der Waals surface area contributed by atoms with E-state index in [1.165, 1.54) is 0 Å². The highest BCUT2D eigenvalue weighted by Crippen LogP contribution is 2.23. The lowest BCUT2D eigenvalue weighted by Gasteiger charge is -2.09. The maximum atomic E-state index is 12.2. The number of pyridine rings is 1. The van der Waals surface area contributed by atoms with Crippen LogP contribution < -0.4 is 15.4 Å². The Morgan fingerprint density at radius 2 is 1.66 bits per heavy atom. The van der Waals surface area contributed by atoms with E-state index in [0.29, 0.717) is 18.0 Å². The Bertz CT molecular complexity index is 1130. The summed E-state index contributed by atoms with van der Waals surface area (Å²) in [6, 6.07) is 18.6. The number of aryl methyl sites for hydroxylation is 1. The van der Waals surface area contributed by atoms with E-state index in [2.05, 4.69) is 10.6 Å². The predicted molar refractivity (Wildman–Crippen MR) is 116 cm³/mol. The fourth-order valence-electron chi connectivity index (χ4n) is 3.11. The third-order valence-corrected chi connectivity index (χ3v) is 4.54. The molecule has 2 N–H and O–H groups in total. The Morgan fingerprint density at radius 1 is 1.00 bits per heavy atom. The third kappa shape index (κ3) is 4.21. The van der Waals surface area contributed by atoms with Gasteiger partial charge in [-0.05, 0) is 61.9 Å². The van der Waals surface area contributed by atoms with Gasteiger partial charge in [-0.1, -0.05) is 18.2 Å². The molecule has 2 amide bonds. The van der Waals surface area contributed by atoms with Crippen molar-refractivity contribution in [1.82, 2.24) is 9.38 Å². The fraction of sp³-hybridized carbons (Fsp3) is 0.130. The molecule has 4 aromatic rings. The van der Waals surface area contributed by atoms with Crippen LogP contribution in [0.15, 0.2) is 73.1 Å². The van der Waals surface area contributed by atoms with Gasteiger partial charge in [0.1, 0.15) is 11.4 Å². The number of nitrogens with one attached hydrogen (secondary N) is 2. The molecule has 6 heteroatoms. The zero-order chi connectivity index (χ0) is 20.2. The maximum absolute atomic E-state index is 12.2. The number of hydrogen-bond donors (Lipinski definition) is 2. The molecule has 0 saturated heterocycles. The summed E-state index contributed by atoms with van der Waals surface area (Å²) in [6.45, 7) is 4.58. The average Bonchev–Trinajstić information content (AvgIpc) is 3.16. The molecule has 0 unspecified atom stereocenters. The Kier molecular flexibility index (Phi) is 5.16. The van der Waals surface area contributed by atoms with Crippen molar-refractivity contribution in [2.75, 3.05) is 17.2 Å². The molecule has 0 aliphatic rings. The third-order valence-electron chi connectivity index (χ3n) is 4.54. The number of anilines is 2. The van der Waals surface area contributed by atoms with E-state index in [0.717, 1.165) is 28.2 Å². The number of benzene rings is 2. The lowest BCUT2D eigenvalue weighted by Crippen LogP contribution is -2.19. The van der Waals surface area contributed by atoms with Gasteiger partial charge < -0.3 is 19.8 Å². The summed E-state index contributed by atoms with van der Waals surface area (Å²) in [7, 11) is 0. The van der Waals surface area contributed by atoms with Gasteiger partial charge in [-0.25, -0.2) is 9.78 Å². The van der Waals surface area contributed by atoms with E-state index >= 15 is 0 Å². The van der Waals surface area contributed by atoms with Gasteiger partial charge in [0.15, 0.2) is 0 Å². The largest absolute Gasteiger partial charge is 0.494 e. The second-order valence-corrected chi connectivity index (χ2v) is 6.66. The minimum Gasteiger partial charge on any atom is -0.494 e. The van der Waals surface area contributed by atoms with Crippen LogP contribution in [0.5, 0.6) is 5.75 Å². The van der Waals surface area contributed by atoms with Crippen molar-refractivity contribution in [2.45, 2.75) is 13.8 Å². The molecule has 0 spiro atoms. The highest BCUT2D eigenvalue weighted by atomic mass is 16.5. The van der Waals surface area contributed by atoms with E-state index in [1.807, 2.05) is 79.2 Å². The number of urea groups is 1. The first-order valence-corrected chi connectivity index (χ1v) is 9.48. The number of carbonyl (C=O) groups is 1. The molecular formula is C23H22N4O2. The molecule has 0 bridgehead atoms. The molecule has 4 rings (SSSR count). The normalized spacial score (nSPS) is 10.7. The minimum atomic E-state index is -0.301. The van der Waals surface area contributed by atoms with Crippen LogP contribution in [0.25, 0.3) is 16.9 Å². The average molecular weight is 386 g/mol. The molecular weight excluding hydrogens is 364 g/mol. The molecule has 2 aromatic carbocycles. The Hall–Kier alpha value is -3.80. The summed E-state index contributed by atoms with van der Waals surface area (Å²) in [5.41, 5.74) is 5.36. The van der Waals surface area contributed by atoms with Gasteiger partial charge >= 0.3 is 6.03 Å². The van der Waals surface area contributed by atoms with E-state index in [1.54, 1.807) is 12.1 Å².